The number of fused-ring (bicyclic) bond motifs is 3. The van der Waals surface area contributed by atoms with Crippen molar-refractivity contribution >= 4 is 11.9 Å². The summed E-state index contributed by atoms with van der Waals surface area (Å²) in [5.41, 5.74) is 2.24. The number of imide groups is 1. The van der Waals surface area contributed by atoms with Crippen molar-refractivity contribution in [1.82, 2.24) is 10.2 Å². The Morgan fingerprint density at radius 3 is 2.36 bits per heavy atom. The van der Waals surface area contributed by atoms with Crippen molar-refractivity contribution in [3.8, 4) is 0 Å². The molecule has 1 unspecified atom stereocenters. The first-order chi connectivity index (χ1) is 13.3. The number of amides is 3. The van der Waals surface area contributed by atoms with Gasteiger partial charge in [-0.3, -0.25) is 9.69 Å². The summed E-state index contributed by atoms with van der Waals surface area (Å²) >= 11 is 0. The second kappa shape index (κ2) is 6.58. The van der Waals surface area contributed by atoms with Gasteiger partial charge in [-0.05, 0) is 68.6 Å². The van der Waals surface area contributed by atoms with Gasteiger partial charge in [0.2, 0.25) is 0 Å². The van der Waals surface area contributed by atoms with Crippen molar-refractivity contribution in [2.45, 2.75) is 83.4 Å². The van der Waals surface area contributed by atoms with Gasteiger partial charge in [-0.25, -0.2) is 4.79 Å². The second-order valence-electron chi connectivity index (χ2n) is 9.41. The molecule has 3 aliphatic rings. The van der Waals surface area contributed by atoms with Crippen LogP contribution in [-0.2, 0) is 21.5 Å². The van der Waals surface area contributed by atoms with Gasteiger partial charge in [0.25, 0.3) is 5.91 Å². The Bertz CT molecular complexity index is 808. The van der Waals surface area contributed by atoms with Crippen LogP contribution >= 0.6 is 0 Å². The minimum atomic E-state index is -0.937. The molecule has 5 heteroatoms. The summed E-state index contributed by atoms with van der Waals surface area (Å²) in [5, 5.41) is 3.22. The Morgan fingerprint density at radius 1 is 1.14 bits per heavy atom. The van der Waals surface area contributed by atoms with Gasteiger partial charge in [0.15, 0.2) is 5.54 Å². The number of hydrogen-bond donors (Lipinski definition) is 1. The number of urea groups is 1. The SMILES string of the molecule is CO[C@H]1CC[C@]2(CC1)Cc1ccc(C(C)C)cc1C21NC(=O)N(C(C)C)C1=O. The van der Waals surface area contributed by atoms with Crippen LogP contribution in [-0.4, -0.2) is 36.1 Å². The lowest BCUT2D eigenvalue weighted by atomic mass is 9.61. The molecule has 1 N–H and O–H groups in total. The third-order valence-corrected chi connectivity index (χ3v) is 7.32. The highest BCUT2D eigenvalue weighted by atomic mass is 16.5. The average Bonchev–Trinajstić information content (AvgIpc) is 3.08. The highest BCUT2D eigenvalue weighted by Gasteiger charge is 2.68. The molecule has 0 bridgehead atoms. The molecule has 0 radical (unpaired) electrons. The van der Waals surface area contributed by atoms with Gasteiger partial charge >= 0.3 is 6.03 Å². The molecule has 1 heterocycles. The van der Waals surface area contributed by atoms with Crippen LogP contribution in [0.4, 0.5) is 4.79 Å². The minimum Gasteiger partial charge on any atom is -0.381 e. The van der Waals surface area contributed by atoms with Crippen LogP contribution in [0.2, 0.25) is 0 Å². The third-order valence-electron chi connectivity index (χ3n) is 7.32. The predicted molar refractivity (Wildman–Crippen MR) is 108 cm³/mol. The first-order valence-corrected chi connectivity index (χ1v) is 10.6. The van der Waals surface area contributed by atoms with Crippen molar-refractivity contribution in [2.24, 2.45) is 5.41 Å². The maximum Gasteiger partial charge on any atom is 0.325 e. The molecule has 1 saturated heterocycles. The molecule has 1 saturated carbocycles. The fourth-order valence-electron chi connectivity index (χ4n) is 5.73. The van der Waals surface area contributed by atoms with E-state index in [0.717, 1.165) is 37.7 Å². The first-order valence-electron chi connectivity index (χ1n) is 10.6. The minimum absolute atomic E-state index is 0.0666. The number of carbonyl (C=O) groups is 2. The molecule has 28 heavy (non-hydrogen) atoms. The molecule has 2 fully saturated rings. The van der Waals surface area contributed by atoms with Crippen LogP contribution in [0.15, 0.2) is 18.2 Å². The number of benzene rings is 1. The number of nitrogens with zero attached hydrogens (tertiary/aromatic N) is 1. The standard InChI is InChI=1S/C23H32N2O3/c1-14(2)16-6-7-17-13-22(10-8-18(28-5)9-11-22)23(19(17)12-16)20(26)25(15(3)4)21(27)24-23/h6-7,12,14-15,18H,8-11,13H2,1-5H3,(H,24,27)/t18-,22-,23?. The smallest absolute Gasteiger partial charge is 0.325 e. The van der Waals surface area contributed by atoms with Gasteiger partial charge < -0.3 is 10.1 Å². The molecule has 1 aromatic carbocycles. The maximum atomic E-state index is 13.9. The first kappa shape index (κ1) is 19.4. The lowest BCUT2D eigenvalue weighted by Gasteiger charge is -2.46. The number of carbonyl (C=O) groups excluding carboxylic acids is 2. The molecule has 1 aromatic rings. The van der Waals surface area contributed by atoms with Gasteiger partial charge in [0, 0.05) is 18.6 Å². The predicted octanol–water partition coefficient (Wildman–Crippen LogP) is 4.10. The van der Waals surface area contributed by atoms with Crippen molar-refractivity contribution in [3.63, 3.8) is 0 Å². The summed E-state index contributed by atoms with van der Waals surface area (Å²) in [6, 6.07) is 6.13. The Hall–Kier alpha value is -1.88. The number of rotatable bonds is 3. The molecule has 2 aliphatic carbocycles. The molecular weight excluding hydrogens is 352 g/mol. The zero-order chi connectivity index (χ0) is 20.3. The van der Waals surface area contributed by atoms with Crippen molar-refractivity contribution in [3.05, 3.63) is 34.9 Å². The summed E-state index contributed by atoms with van der Waals surface area (Å²) in [6.45, 7) is 8.15. The Balaban J connectivity index is 1.88. The molecule has 0 aromatic heterocycles. The van der Waals surface area contributed by atoms with E-state index in [4.69, 9.17) is 4.74 Å². The molecule has 152 valence electrons. The van der Waals surface area contributed by atoms with E-state index in [1.165, 1.54) is 16.0 Å². The summed E-state index contributed by atoms with van der Waals surface area (Å²) in [6.07, 6.45) is 4.70. The normalized spacial score (nSPS) is 32.1. The van der Waals surface area contributed by atoms with E-state index >= 15 is 0 Å². The highest BCUT2D eigenvalue weighted by Crippen LogP contribution is 2.60. The van der Waals surface area contributed by atoms with Crippen LogP contribution in [0.3, 0.4) is 0 Å². The van der Waals surface area contributed by atoms with Crippen LogP contribution in [0.25, 0.3) is 0 Å². The van der Waals surface area contributed by atoms with Gasteiger partial charge in [0.1, 0.15) is 0 Å². The molecule has 1 aliphatic heterocycles. The summed E-state index contributed by atoms with van der Waals surface area (Å²) in [4.78, 5) is 28.2. The molecule has 3 amide bonds. The van der Waals surface area contributed by atoms with Gasteiger partial charge in [-0.2, -0.15) is 0 Å². The van der Waals surface area contributed by atoms with E-state index in [9.17, 15) is 9.59 Å². The van der Waals surface area contributed by atoms with E-state index < -0.39 is 5.54 Å². The van der Waals surface area contributed by atoms with E-state index in [2.05, 4.69) is 37.4 Å². The van der Waals surface area contributed by atoms with E-state index in [-0.39, 0.29) is 29.5 Å². The largest absolute Gasteiger partial charge is 0.381 e. The molecule has 1 atom stereocenters. The van der Waals surface area contributed by atoms with Gasteiger partial charge in [-0.15, -0.1) is 0 Å². The molecule has 4 rings (SSSR count). The van der Waals surface area contributed by atoms with E-state index in [1.54, 1.807) is 7.11 Å². The van der Waals surface area contributed by atoms with Crippen LogP contribution < -0.4 is 5.32 Å². The number of methoxy groups -OCH3 is 1. The number of nitrogens with one attached hydrogen (secondary N) is 1. The van der Waals surface area contributed by atoms with Crippen molar-refractivity contribution in [2.75, 3.05) is 7.11 Å². The van der Waals surface area contributed by atoms with Crippen LogP contribution in [0.1, 0.15) is 76.0 Å². The average molecular weight is 385 g/mol. The lowest BCUT2D eigenvalue weighted by Crippen LogP contribution is -2.57. The molecule has 5 nitrogen and oxygen atoms in total. The highest BCUT2D eigenvalue weighted by molar-refractivity contribution is 6.09. The topological polar surface area (TPSA) is 58.6 Å². The Kier molecular flexibility index (Phi) is 4.57. The summed E-state index contributed by atoms with van der Waals surface area (Å²) in [5.74, 6) is 0.305. The zero-order valence-corrected chi connectivity index (χ0v) is 17.7. The Labute approximate surface area is 167 Å². The summed E-state index contributed by atoms with van der Waals surface area (Å²) < 4.78 is 5.60. The van der Waals surface area contributed by atoms with Gasteiger partial charge in [0.05, 0.1) is 6.10 Å². The lowest BCUT2D eigenvalue weighted by molar-refractivity contribution is -0.139. The second-order valence-corrected chi connectivity index (χ2v) is 9.41. The molecule has 2 spiro atoms. The summed E-state index contributed by atoms with van der Waals surface area (Å²) in [7, 11) is 1.76. The van der Waals surface area contributed by atoms with Crippen LogP contribution in [0.5, 0.6) is 0 Å². The number of ether oxygens (including phenoxy) is 1. The van der Waals surface area contributed by atoms with Gasteiger partial charge in [-0.1, -0.05) is 32.0 Å². The van der Waals surface area contributed by atoms with Crippen molar-refractivity contribution in [1.29, 1.82) is 0 Å². The van der Waals surface area contributed by atoms with E-state index in [0.29, 0.717) is 5.92 Å². The monoisotopic (exact) mass is 384 g/mol. The fourth-order valence-corrected chi connectivity index (χ4v) is 5.73. The van der Waals surface area contributed by atoms with Crippen LogP contribution in [0, 0.1) is 5.41 Å². The third kappa shape index (κ3) is 2.48. The maximum absolute atomic E-state index is 13.9. The quantitative estimate of drug-likeness (QED) is 0.799. The molecular formula is C23H32N2O3. The fraction of sp³-hybridized carbons (Fsp3) is 0.652. The number of hydrogen-bond acceptors (Lipinski definition) is 3. The zero-order valence-electron chi connectivity index (χ0n) is 17.7. The Morgan fingerprint density at radius 2 is 1.82 bits per heavy atom. The van der Waals surface area contributed by atoms with E-state index in [1.807, 2.05) is 13.8 Å². The van der Waals surface area contributed by atoms with Crippen molar-refractivity contribution < 1.29 is 14.3 Å².